The van der Waals surface area contributed by atoms with E-state index in [1.807, 2.05) is 36.5 Å². The van der Waals surface area contributed by atoms with Crippen molar-refractivity contribution in [3.8, 4) is 11.4 Å². The summed E-state index contributed by atoms with van der Waals surface area (Å²) in [5.41, 5.74) is 3.58. The Bertz CT molecular complexity index is 1100. The molecule has 0 fully saturated rings. The van der Waals surface area contributed by atoms with Gasteiger partial charge in [0, 0.05) is 34.9 Å². The lowest BCUT2D eigenvalue weighted by molar-refractivity contribution is 0.0953. The van der Waals surface area contributed by atoms with Gasteiger partial charge >= 0.3 is 0 Å². The second-order valence-corrected chi connectivity index (χ2v) is 6.62. The third kappa shape index (κ3) is 3.44. The van der Waals surface area contributed by atoms with Crippen molar-refractivity contribution in [2.45, 2.75) is 13.3 Å². The van der Waals surface area contributed by atoms with E-state index in [1.165, 1.54) is 0 Å². The van der Waals surface area contributed by atoms with Gasteiger partial charge in [0.05, 0.1) is 5.69 Å². The molecule has 0 radical (unpaired) electrons. The van der Waals surface area contributed by atoms with E-state index >= 15 is 0 Å². The van der Waals surface area contributed by atoms with Crippen molar-refractivity contribution in [1.29, 1.82) is 0 Å². The average Bonchev–Trinajstić information content (AvgIpc) is 3.26. The predicted octanol–water partition coefficient (Wildman–Crippen LogP) is 4.15. The molecular weight excluding hydrogens is 364 g/mol. The van der Waals surface area contributed by atoms with E-state index in [-0.39, 0.29) is 5.91 Å². The Balaban J connectivity index is 1.49. The maximum absolute atomic E-state index is 12.7. The van der Waals surface area contributed by atoms with Crippen LogP contribution < -0.4 is 5.32 Å². The monoisotopic (exact) mass is 380 g/mol. The zero-order valence-corrected chi connectivity index (χ0v) is 15.4. The number of aromatic nitrogens is 3. The van der Waals surface area contributed by atoms with Crippen LogP contribution >= 0.6 is 11.6 Å². The Labute approximate surface area is 160 Å². The summed E-state index contributed by atoms with van der Waals surface area (Å²) >= 11 is 6.09. The van der Waals surface area contributed by atoms with Gasteiger partial charge in [-0.3, -0.25) is 9.78 Å². The highest BCUT2D eigenvalue weighted by molar-refractivity contribution is 6.31. The van der Waals surface area contributed by atoms with Crippen LogP contribution in [0.5, 0.6) is 0 Å². The number of hydrogen-bond acceptors (Lipinski definition) is 4. The minimum atomic E-state index is -0.229. The van der Waals surface area contributed by atoms with Gasteiger partial charge in [0.2, 0.25) is 0 Å². The van der Waals surface area contributed by atoms with Crippen LogP contribution in [0.25, 0.3) is 22.3 Å². The van der Waals surface area contributed by atoms with Gasteiger partial charge in [0.25, 0.3) is 5.91 Å². The number of pyridine rings is 1. The van der Waals surface area contributed by atoms with Crippen molar-refractivity contribution in [2.24, 2.45) is 0 Å². The van der Waals surface area contributed by atoms with Crippen LogP contribution in [0, 0.1) is 6.92 Å². The predicted molar refractivity (Wildman–Crippen MR) is 104 cm³/mol. The molecule has 136 valence electrons. The van der Waals surface area contributed by atoms with E-state index in [2.05, 4.69) is 20.4 Å². The molecular formula is C20H17ClN4O2. The van der Waals surface area contributed by atoms with Crippen molar-refractivity contribution < 1.29 is 9.32 Å². The van der Waals surface area contributed by atoms with Crippen LogP contribution in [-0.4, -0.2) is 27.6 Å². The van der Waals surface area contributed by atoms with Crippen molar-refractivity contribution in [3.05, 3.63) is 70.7 Å². The molecule has 0 aliphatic rings. The molecule has 0 saturated heterocycles. The summed E-state index contributed by atoms with van der Waals surface area (Å²) in [6, 6.07) is 11.2. The number of aromatic amines is 1. The molecule has 6 nitrogen and oxygen atoms in total. The third-order valence-electron chi connectivity index (χ3n) is 4.41. The highest BCUT2D eigenvalue weighted by atomic mass is 35.5. The van der Waals surface area contributed by atoms with Crippen molar-refractivity contribution in [1.82, 2.24) is 20.4 Å². The Morgan fingerprint density at radius 3 is 3.00 bits per heavy atom. The highest BCUT2D eigenvalue weighted by Gasteiger charge is 2.22. The summed E-state index contributed by atoms with van der Waals surface area (Å²) in [6.45, 7) is 2.20. The van der Waals surface area contributed by atoms with Crippen LogP contribution in [0.4, 0.5) is 0 Å². The van der Waals surface area contributed by atoms with Crippen molar-refractivity contribution in [3.63, 3.8) is 0 Å². The quantitative estimate of drug-likeness (QED) is 0.544. The molecule has 0 atom stereocenters. The molecule has 2 N–H and O–H groups in total. The highest BCUT2D eigenvalue weighted by Crippen LogP contribution is 2.24. The van der Waals surface area contributed by atoms with Gasteiger partial charge in [-0.25, -0.2) is 0 Å². The lowest BCUT2D eigenvalue weighted by atomic mass is 10.1. The second-order valence-electron chi connectivity index (χ2n) is 6.19. The number of rotatable bonds is 5. The standard InChI is InChI=1S/C20H17ClN4O2/c1-12-18(19(25-27-12)17-4-2-3-8-22-17)20(26)23-9-7-13-11-24-16-6-5-14(21)10-15(13)16/h2-6,8,10-11,24H,7,9H2,1H3,(H,23,26). The number of H-pyrrole nitrogens is 1. The summed E-state index contributed by atoms with van der Waals surface area (Å²) in [7, 11) is 0. The number of aryl methyl sites for hydroxylation is 1. The minimum Gasteiger partial charge on any atom is -0.361 e. The van der Waals surface area contributed by atoms with E-state index in [4.69, 9.17) is 16.1 Å². The molecule has 1 aromatic carbocycles. The van der Waals surface area contributed by atoms with Gasteiger partial charge in [-0.15, -0.1) is 0 Å². The van der Waals surface area contributed by atoms with Crippen molar-refractivity contribution in [2.75, 3.05) is 6.54 Å². The number of fused-ring (bicyclic) bond motifs is 1. The minimum absolute atomic E-state index is 0.229. The summed E-state index contributed by atoms with van der Waals surface area (Å²) in [5.74, 6) is 0.235. The van der Waals surface area contributed by atoms with Gasteiger partial charge in [-0.1, -0.05) is 22.8 Å². The van der Waals surface area contributed by atoms with Crippen LogP contribution in [0.3, 0.4) is 0 Å². The molecule has 27 heavy (non-hydrogen) atoms. The fraction of sp³-hybridized carbons (Fsp3) is 0.150. The normalized spacial score (nSPS) is 11.0. The molecule has 3 aromatic heterocycles. The topological polar surface area (TPSA) is 83.8 Å². The molecule has 0 aliphatic carbocycles. The SMILES string of the molecule is Cc1onc(-c2ccccn2)c1C(=O)NCCc1c[nH]c2ccc(Cl)cc12. The number of hydrogen-bond donors (Lipinski definition) is 2. The summed E-state index contributed by atoms with van der Waals surface area (Å²) in [4.78, 5) is 20.2. The molecule has 3 heterocycles. The smallest absolute Gasteiger partial charge is 0.257 e. The lowest BCUT2D eigenvalue weighted by Gasteiger charge is -2.05. The first kappa shape index (κ1) is 17.3. The number of nitrogens with one attached hydrogen (secondary N) is 2. The fourth-order valence-corrected chi connectivity index (χ4v) is 3.25. The van der Waals surface area contributed by atoms with Gasteiger partial charge in [0.1, 0.15) is 17.0 Å². The zero-order valence-electron chi connectivity index (χ0n) is 14.6. The van der Waals surface area contributed by atoms with Gasteiger partial charge in [-0.05, 0) is 49.2 Å². The lowest BCUT2D eigenvalue weighted by Crippen LogP contribution is -2.26. The molecule has 4 rings (SSSR count). The molecule has 0 saturated carbocycles. The third-order valence-corrected chi connectivity index (χ3v) is 4.64. The van der Waals surface area contributed by atoms with E-state index in [0.29, 0.717) is 40.7 Å². The molecule has 0 aliphatic heterocycles. The Morgan fingerprint density at radius 1 is 1.30 bits per heavy atom. The van der Waals surface area contributed by atoms with E-state index < -0.39 is 0 Å². The zero-order chi connectivity index (χ0) is 18.8. The van der Waals surface area contributed by atoms with E-state index in [1.54, 1.807) is 19.2 Å². The average molecular weight is 381 g/mol. The van der Waals surface area contributed by atoms with Gasteiger partial charge in [0.15, 0.2) is 0 Å². The Hall–Kier alpha value is -3.12. The Kier molecular flexibility index (Phi) is 4.64. The first-order valence-electron chi connectivity index (χ1n) is 8.55. The Morgan fingerprint density at radius 2 is 2.19 bits per heavy atom. The van der Waals surface area contributed by atoms with Crippen LogP contribution in [0.15, 0.2) is 53.3 Å². The number of carbonyl (C=O) groups excluding carboxylic acids is 1. The van der Waals surface area contributed by atoms with Crippen LogP contribution in [-0.2, 0) is 6.42 Å². The molecule has 0 unspecified atom stereocenters. The summed E-state index contributed by atoms with van der Waals surface area (Å²) < 4.78 is 5.22. The van der Waals surface area contributed by atoms with E-state index in [0.717, 1.165) is 16.5 Å². The molecule has 0 spiro atoms. The number of halogens is 1. The molecule has 0 bridgehead atoms. The number of nitrogens with zero attached hydrogens (tertiary/aromatic N) is 2. The number of amides is 1. The fourth-order valence-electron chi connectivity index (χ4n) is 3.07. The first-order chi connectivity index (χ1) is 13.1. The van der Waals surface area contributed by atoms with Crippen LogP contribution in [0.1, 0.15) is 21.7 Å². The number of benzene rings is 1. The van der Waals surface area contributed by atoms with Gasteiger partial charge < -0.3 is 14.8 Å². The van der Waals surface area contributed by atoms with Crippen LogP contribution in [0.2, 0.25) is 5.02 Å². The first-order valence-corrected chi connectivity index (χ1v) is 8.92. The number of carbonyl (C=O) groups is 1. The maximum atomic E-state index is 12.7. The second kappa shape index (κ2) is 7.25. The largest absolute Gasteiger partial charge is 0.361 e. The van der Waals surface area contributed by atoms with Crippen molar-refractivity contribution >= 4 is 28.4 Å². The van der Waals surface area contributed by atoms with E-state index in [9.17, 15) is 4.79 Å². The molecule has 4 aromatic rings. The summed E-state index contributed by atoms with van der Waals surface area (Å²) in [6.07, 6.45) is 4.27. The maximum Gasteiger partial charge on any atom is 0.257 e. The van der Waals surface area contributed by atoms with Gasteiger partial charge in [-0.2, -0.15) is 0 Å². The molecule has 7 heteroatoms. The molecule has 1 amide bonds. The summed E-state index contributed by atoms with van der Waals surface area (Å²) in [5, 5.41) is 8.69.